The zero-order chi connectivity index (χ0) is 26.9. The highest BCUT2D eigenvalue weighted by Crippen LogP contribution is 2.28. The first kappa shape index (κ1) is 26.5. The molecule has 0 saturated carbocycles. The molecule has 4 aromatic rings. The van der Waals surface area contributed by atoms with Crippen LogP contribution in [0.25, 0.3) is 11.3 Å². The maximum Gasteiger partial charge on any atom is 0.251 e. The van der Waals surface area contributed by atoms with Gasteiger partial charge in [0.05, 0.1) is 26.5 Å². The van der Waals surface area contributed by atoms with Crippen molar-refractivity contribution in [1.29, 1.82) is 0 Å². The summed E-state index contributed by atoms with van der Waals surface area (Å²) in [6.07, 6.45) is 0.694. The molecule has 3 aromatic carbocycles. The zero-order valence-corrected chi connectivity index (χ0v) is 22.2. The fourth-order valence-electron chi connectivity index (χ4n) is 3.98. The number of carbonyl (C=O) groups excluding carboxylic acids is 1. The third-order valence-corrected chi connectivity index (χ3v) is 6.14. The van der Waals surface area contributed by atoms with Gasteiger partial charge in [0.2, 0.25) is 5.88 Å². The van der Waals surface area contributed by atoms with Crippen LogP contribution in [0.2, 0.25) is 0 Å². The van der Waals surface area contributed by atoms with Crippen molar-refractivity contribution in [3.8, 4) is 28.6 Å². The predicted molar refractivity (Wildman–Crippen MR) is 150 cm³/mol. The number of hydrogen-bond acceptors (Lipinski definition) is 6. The first-order chi connectivity index (χ1) is 18.5. The Morgan fingerprint density at radius 1 is 0.842 bits per heavy atom. The average molecular weight is 512 g/mol. The largest absolute Gasteiger partial charge is 0.493 e. The highest BCUT2D eigenvalue weighted by Gasteiger charge is 2.10. The van der Waals surface area contributed by atoms with Crippen molar-refractivity contribution in [2.45, 2.75) is 13.0 Å². The summed E-state index contributed by atoms with van der Waals surface area (Å²) in [4.78, 5) is 19.5. The van der Waals surface area contributed by atoms with E-state index in [1.54, 1.807) is 20.3 Å². The van der Waals surface area contributed by atoms with Gasteiger partial charge in [-0.3, -0.25) is 4.79 Å². The van der Waals surface area contributed by atoms with Gasteiger partial charge in [-0.05, 0) is 53.6 Å². The minimum atomic E-state index is -0.133. The molecule has 0 bridgehead atoms. The number of ether oxygens (including phenoxy) is 3. The molecule has 0 radical (unpaired) electrons. The Balaban J connectivity index is 1.36. The third kappa shape index (κ3) is 6.82. The average Bonchev–Trinajstić information content (AvgIpc) is 2.96. The van der Waals surface area contributed by atoms with Gasteiger partial charge in [0, 0.05) is 49.9 Å². The number of nitrogens with one attached hydrogen (secondary N) is 1. The van der Waals surface area contributed by atoms with Crippen molar-refractivity contribution in [2.75, 3.05) is 39.8 Å². The molecule has 1 amide bonds. The van der Waals surface area contributed by atoms with Crippen LogP contribution in [0.3, 0.4) is 0 Å². The zero-order valence-electron chi connectivity index (χ0n) is 22.2. The lowest BCUT2D eigenvalue weighted by Gasteiger charge is -2.13. The van der Waals surface area contributed by atoms with Gasteiger partial charge in [0.1, 0.15) is 0 Å². The standard InChI is InChI=1S/C31H33N3O4/c1-34(2)26-14-11-23(12-15-26)21-32-31(35)25-8-5-7-24(20-25)27-9-6-10-30(33-27)38-18-17-22-13-16-28(36-3)29(19-22)37-4/h5-16,19-20H,17-18,21H2,1-4H3,(H,32,35). The summed E-state index contributed by atoms with van der Waals surface area (Å²) in [5, 5.41) is 3.00. The maximum absolute atomic E-state index is 12.8. The summed E-state index contributed by atoms with van der Waals surface area (Å²) < 4.78 is 16.6. The SMILES string of the molecule is COc1ccc(CCOc2cccc(-c3cccc(C(=O)NCc4ccc(N(C)C)cc4)c3)n2)cc1OC. The Hall–Kier alpha value is -4.52. The Kier molecular flexibility index (Phi) is 8.82. The van der Waals surface area contributed by atoms with E-state index in [0.29, 0.717) is 42.5 Å². The van der Waals surface area contributed by atoms with E-state index < -0.39 is 0 Å². The molecule has 7 nitrogen and oxygen atoms in total. The lowest BCUT2D eigenvalue weighted by Crippen LogP contribution is -2.22. The molecule has 0 aliphatic rings. The number of hydrogen-bond donors (Lipinski definition) is 1. The molecule has 1 N–H and O–H groups in total. The van der Waals surface area contributed by atoms with E-state index in [1.165, 1.54) is 0 Å². The topological polar surface area (TPSA) is 72.9 Å². The fourth-order valence-corrected chi connectivity index (χ4v) is 3.98. The molecule has 0 spiro atoms. The number of amides is 1. The normalized spacial score (nSPS) is 10.5. The first-order valence-electron chi connectivity index (χ1n) is 12.4. The van der Waals surface area contributed by atoms with E-state index in [4.69, 9.17) is 14.2 Å². The molecule has 1 aromatic heterocycles. The van der Waals surface area contributed by atoms with Crippen LogP contribution in [0.5, 0.6) is 17.4 Å². The fraction of sp³-hybridized carbons (Fsp3) is 0.226. The van der Waals surface area contributed by atoms with E-state index in [1.807, 2.05) is 97.9 Å². The van der Waals surface area contributed by atoms with Gasteiger partial charge in [0.15, 0.2) is 11.5 Å². The number of anilines is 1. The van der Waals surface area contributed by atoms with Crippen LogP contribution < -0.4 is 24.4 Å². The molecule has 0 aliphatic heterocycles. The number of benzene rings is 3. The monoisotopic (exact) mass is 511 g/mol. The molecule has 38 heavy (non-hydrogen) atoms. The van der Waals surface area contributed by atoms with Crippen molar-refractivity contribution in [2.24, 2.45) is 0 Å². The van der Waals surface area contributed by atoms with Crippen LogP contribution in [0.15, 0.2) is 84.9 Å². The molecule has 7 heteroatoms. The Bertz CT molecular complexity index is 1370. The third-order valence-electron chi connectivity index (χ3n) is 6.14. The Labute approximate surface area is 224 Å². The van der Waals surface area contributed by atoms with Gasteiger partial charge >= 0.3 is 0 Å². The van der Waals surface area contributed by atoms with Crippen LogP contribution in [0.1, 0.15) is 21.5 Å². The number of aromatic nitrogens is 1. The second kappa shape index (κ2) is 12.6. The van der Waals surface area contributed by atoms with Gasteiger partial charge < -0.3 is 24.4 Å². The van der Waals surface area contributed by atoms with E-state index in [2.05, 4.69) is 10.3 Å². The molecule has 4 rings (SSSR count). The Morgan fingerprint density at radius 3 is 2.32 bits per heavy atom. The molecule has 0 atom stereocenters. The van der Waals surface area contributed by atoms with Gasteiger partial charge in [0.25, 0.3) is 5.91 Å². The summed E-state index contributed by atoms with van der Waals surface area (Å²) in [6.45, 7) is 0.919. The quantitative estimate of drug-likeness (QED) is 0.291. The molecular weight excluding hydrogens is 478 g/mol. The van der Waals surface area contributed by atoms with Crippen LogP contribution in [-0.2, 0) is 13.0 Å². The van der Waals surface area contributed by atoms with Crippen molar-refractivity contribution in [1.82, 2.24) is 10.3 Å². The van der Waals surface area contributed by atoms with Crippen molar-refractivity contribution in [3.05, 3.63) is 102 Å². The number of methoxy groups -OCH3 is 2. The minimum absolute atomic E-state index is 0.133. The summed E-state index contributed by atoms with van der Waals surface area (Å²) in [7, 11) is 7.24. The van der Waals surface area contributed by atoms with Gasteiger partial charge in [-0.2, -0.15) is 0 Å². The molecule has 1 heterocycles. The smallest absolute Gasteiger partial charge is 0.251 e. The molecule has 0 aliphatic carbocycles. The lowest BCUT2D eigenvalue weighted by atomic mass is 10.1. The van der Waals surface area contributed by atoms with Gasteiger partial charge in [-0.25, -0.2) is 4.98 Å². The number of nitrogens with zero attached hydrogens (tertiary/aromatic N) is 2. The van der Waals surface area contributed by atoms with Crippen LogP contribution in [0.4, 0.5) is 5.69 Å². The van der Waals surface area contributed by atoms with Gasteiger partial charge in [-0.1, -0.05) is 36.4 Å². The number of pyridine rings is 1. The summed E-state index contributed by atoms with van der Waals surface area (Å²) >= 11 is 0. The molecule has 0 unspecified atom stereocenters. The molecule has 0 saturated heterocycles. The highest BCUT2D eigenvalue weighted by molar-refractivity contribution is 5.95. The van der Waals surface area contributed by atoms with Crippen molar-refractivity contribution >= 4 is 11.6 Å². The summed E-state index contributed by atoms with van der Waals surface area (Å²) in [6, 6.07) is 27.0. The van der Waals surface area contributed by atoms with Gasteiger partial charge in [-0.15, -0.1) is 0 Å². The van der Waals surface area contributed by atoms with E-state index in [-0.39, 0.29) is 5.91 Å². The van der Waals surface area contributed by atoms with Crippen LogP contribution in [0, 0.1) is 0 Å². The highest BCUT2D eigenvalue weighted by atomic mass is 16.5. The van der Waals surface area contributed by atoms with Crippen molar-refractivity contribution < 1.29 is 19.0 Å². The molecule has 0 fully saturated rings. The number of rotatable bonds is 11. The summed E-state index contributed by atoms with van der Waals surface area (Å²) in [5.74, 6) is 1.78. The first-order valence-corrected chi connectivity index (χ1v) is 12.4. The Morgan fingerprint density at radius 2 is 1.58 bits per heavy atom. The van der Waals surface area contributed by atoms with Crippen LogP contribution in [-0.4, -0.2) is 45.8 Å². The second-order valence-electron chi connectivity index (χ2n) is 8.97. The van der Waals surface area contributed by atoms with Crippen molar-refractivity contribution in [3.63, 3.8) is 0 Å². The van der Waals surface area contributed by atoms with Crippen LogP contribution >= 0.6 is 0 Å². The minimum Gasteiger partial charge on any atom is -0.493 e. The summed E-state index contributed by atoms with van der Waals surface area (Å²) in [5.41, 5.74) is 5.40. The van der Waals surface area contributed by atoms with E-state index in [9.17, 15) is 4.79 Å². The lowest BCUT2D eigenvalue weighted by molar-refractivity contribution is 0.0951. The van der Waals surface area contributed by atoms with E-state index in [0.717, 1.165) is 28.1 Å². The number of carbonyl (C=O) groups is 1. The predicted octanol–water partition coefficient (Wildman–Crippen LogP) is 5.38. The molecule has 196 valence electrons. The maximum atomic E-state index is 12.8. The molecular formula is C31H33N3O4. The second-order valence-corrected chi connectivity index (χ2v) is 8.97. The van der Waals surface area contributed by atoms with E-state index >= 15 is 0 Å².